The van der Waals surface area contributed by atoms with Crippen molar-refractivity contribution in [3.8, 4) is 28.5 Å². The van der Waals surface area contributed by atoms with E-state index in [0.29, 0.717) is 48.3 Å². The highest BCUT2D eigenvalue weighted by Crippen LogP contribution is 2.41. The van der Waals surface area contributed by atoms with Crippen LogP contribution in [0.4, 0.5) is 5.82 Å². The SMILES string of the molecule is COc1cc2c(c(C)c1CCNc1cc(-c3ccc(C(=O)O)c(SC)c3)ncn1)OCCO2. The number of benzene rings is 2. The van der Waals surface area contributed by atoms with Gasteiger partial charge in [-0.25, -0.2) is 14.8 Å². The molecule has 0 bridgehead atoms. The van der Waals surface area contributed by atoms with Crippen LogP contribution < -0.4 is 19.5 Å². The zero-order valence-corrected chi connectivity index (χ0v) is 19.5. The van der Waals surface area contributed by atoms with Gasteiger partial charge in [-0.05, 0) is 31.7 Å². The molecule has 0 atom stereocenters. The van der Waals surface area contributed by atoms with Crippen molar-refractivity contribution in [1.82, 2.24) is 9.97 Å². The lowest BCUT2D eigenvalue weighted by Gasteiger charge is -2.23. The molecule has 1 aliphatic rings. The van der Waals surface area contributed by atoms with Crippen molar-refractivity contribution in [3.63, 3.8) is 0 Å². The molecule has 0 spiro atoms. The Kier molecular flexibility index (Phi) is 6.88. The number of aromatic carboxylic acids is 1. The van der Waals surface area contributed by atoms with Crippen LogP contribution in [-0.2, 0) is 6.42 Å². The van der Waals surface area contributed by atoms with Crippen molar-refractivity contribution in [2.24, 2.45) is 0 Å². The predicted molar refractivity (Wildman–Crippen MR) is 127 cm³/mol. The van der Waals surface area contributed by atoms with Gasteiger partial charge < -0.3 is 24.6 Å². The maximum atomic E-state index is 11.4. The molecule has 9 heteroatoms. The van der Waals surface area contributed by atoms with Crippen molar-refractivity contribution in [2.45, 2.75) is 18.2 Å². The minimum absolute atomic E-state index is 0.280. The van der Waals surface area contributed by atoms with Crippen LogP contribution in [0.1, 0.15) is 21.5 Å². The Bertz CT molecular complexity index is 1190. The zero-order valence-electron chi connectivity index (χ0n) is 18.7. The summed E-state index contributed by atoms with van der Waals surface area (Å²) in [5, 5.41) is 12.7. The summed E-state index contributed by atoms with van der Waals surface area (Å²) in [6, 6.07) is 8.94. The fourth-order valence-corrected chi connectivity index (χ4v) is 4.43. The molecular weight excluding hydrogens is 442 g/mol. The molecule has 172 valence electrons. The number of fused-ring (bicyclic) bond motifs is 1. The van der Waals surface area contributed by atoms with Gasteiger partial charge in [-0.3, -0.25) is 0 Å². The predicted octanol–water partition coefficient (Wildman–Crippen LogP) is 4.31. The van der Waals surface area contributed by atoms with E-state index in [4.69, 9.17) is 14.2 Å². The standard InChI is InChI=1S/C24H25N3O5S/c1-14-16(19(30-2)12-20-23(14)32-9-8-31-20)6-7-25-22-11-18(26-13-27-22)15-4-5-17(24(28)29)21(10-15)33-3/h4-5,10-13H,6-9H2,1-3H3,(H,28,29)(H,25,26,27). The Morgan fingerprint density at radius 1 is 1.21 bits per heavy atom. The van der Waals surface area contributed by atoms with Gasteiger partial charge in [-0.15, -0.1) is 11.8 Å². The summed E-state index contributed by atoms with van der Waals surface area (Å²) in [6.45, 7) is 3.71. The molecule has 4 rings (SSSR count). The molecule has 0 unspecified atom stereocenters. The number of aromatic nitrogens is 2. The minimum Gasteiger partial charge on any atom is -0.496 e. The number of rotatable bonds is 8. The summed E-state index contributed by atoms with van der Waals surface area (Å²) in [7, 11) is 1.65. The number of carboxylic acids is 1. The first kappa shape index (κ1) is 22.7. The number of ether oxygens (including phenoxy) is 3. The highest BCUT2D eigenvalue weighted by Gasteiger charge is 2.21. The maximum absolute atomic E-state index is 11.4. The molecule has 0 aliphatic carbocycles. The van der Waals surface area contributed by atoms with E-state index in [1.54, 1.807) is 19.2 Å². The smallest absolute Gasteiger partial charge is 0.336 e. The second-order valence-electron chi connectivity index (χ2n) is 7.39. The van der Waals surface area contributed by atoms with Crippen LogP contribution in [0.5, 0.6) is 17.2 Å². The number of thioether (sulfide) groups is 1. The molecule has 8 nitrogen and oxygen atoms in total. The van der Waals surface area contributed by atoms with E-state index in [0.717, 1.165) is 28.2 Å². The minimum atomic E-state index is -0.944. The summed E-state index contributed by atoms with van der Waals surface area (Å²) in [5.74, 6) is 2.00. The molecule has 0 fully saturated rings. The average molecular weight is 468 g/mol. The molecule has 2 aromatic carbocycles. The number of nitrogens with one attached hydrogen (secondary N) is 1. The molecule has 33 heavy (non-hydrogen) atoms. The van der Waals surface area contributed by atoms with Crippen LogP contribution in [0.15, 0.2) is 41.6 Å². The van der Waals surface area contributed by atoms with Crippen molar-refractivity contribution in [1.29, 1.82) is 0 Å². The summed E-state index contributed by atoms with van der Waals surface area (Å²) in [4.78, 5) is 20.8. The molecule has 0 radical (unpaired) electrons. The molecule has 1 aliphatic heterocycles. The van der Waals surface area contributed by atoms with Crippen LogP contribution in [0, 0.1) is 6.92 Å². The normalized spacial score (nSPS) is 12.3. The van der Waals surface area contributed by atoms with Crippen LogP contribution in [0.2, 0.25) is 0 Å². The summed E-state index contributed by atoms with van der Waals surface area (Å²) >= 11 is 1.39. The van der Waals surface area contributed by atoms with Crippen molar-refractivity contribution < 1.29 is 24.1 Å². The van der Waals surface area contributed by atoms with E-state index in [1.807, 2.05) is 31.4 Å². The topological polar surface area (TPSA) is 103 Å². The number of hydrogen-bond acceptors (Lipinski definition) is 8. The van der Waals surface area contributed by atoms with Gasteiger partial charge in [0.05, 0.1) is 18.4 Å². The second-order valence-corrected chi connectivity index (χ2v) is 8.24. The Balaban J connectivity index is 1.50. The fraction of sp³-hybridized carbons (Fsp3) is 0.292. The lowest BCUT2D eigenvalue weighted by molar-refractivity contribution is 0.0693. The Hall–Kier alpha value is -3.46. The van der Waals surface area contributed by atoms with Gasteiger partial charge in [0.15, 0.2) is 11.5 Å². The molecule has 0 amide bonds. The largest absolute Gasteiger partial charge is 0.496 e. The van der Waals surface area contributed by atoms with Gasteiger partial charge in [0.1, 0.15) is 31.1 Å². The molecular formula is C24H25N3O5S. The average Bonchev–Trinajstić information content (AvgIpc) is 2.85. The number of hydrogen-bond donors (Lipinski definition) is 2. The second kappa shape index (κ2) is 9.99. The fourth-order valence-electron chi connectivity index (χ4n) is 3.81. The first-order valence-corrected chi connectivity index (χ1v) is 11.7. The first-order valence-electron chi connectivity index (χ1n) is 10.5. The molecule has 1 aromatic heterocycles. The van der Waals surface area contributed by atoms with Crippen LogP contribution in [0.25, 0.3) is 11.3 Å². The van der Waals surface area contributed by atoms with Crippen molar-refractivity contribution >= 4 is 23.5 Å². The van der Waals surface area contributed by atoms with Gasteiger partial charge in [0.2, 0.25) is 0 Å². The van der Waals surface area contributed by atoms with Gasteiger partial charge in [-0.1, -0.05) is 6.07 Å². The monoisotopic (exact) mass is 467 g/mol. The lowest BCUT2D eigenvalue weighted by Crippen LogP contribution is -2.17. The number of methoxy groups -OCH3 is 1. The number of carboxylic acid groups (broad SMARTS) is 1. The third kappa shape index (κ3) is 4.83. The van der Waals surface area contributed by atoms with Crippen LogP contribution >= 0.6 is 11.8 Å². The van der Waals surface area contributed by atoms with E-state index in [9.17, 15) is 9.90 Å². The maximum Gasteiger partial charge on any atom is 0.336 e. The number of nitrogens with zero attached hydrogens (tertiary/aromatic N) is 2. The molecule has 0 saturated carbocycles. The van der Waals surface area contributed by atoms with Gasteiger partial charge >= 0.3 is 5.97 Å². The van der Waals surface area contributed by atoms with Gasteiger partial charge in [0.25, 0.3) is 0 Å². The summed E-state index contributed by atoms with van der Waals surface area (Å²) < 4.78 is 17.1. The van der Waals surface area contributed by atoms with E-state index in [-0.39, 0.29) is 5.56 Å². The van der Waals surface area contributed by atoms with E-state index in [2.05, 4.69) is 15.3 Å². The van der Waals surface area contributed by atoms with Gasteiger partial charge in [0, 0.05) is 40.3 Å². The Morgan fingerprint density at radius 2 is 2.03 bits per heavy atom. The molecule has 2 heterocycles. The Labute approximate surface area is 196 Å². The van der Waals surface area contributed by atoms with Crippen molar-refractivity contribution in [2.75, 3.05) is 38.4 Å². The third-order valence-corrected chi connectivity index (χ3v) is 6.24. The quantitative estimate of drug-likeness (QED) is 0.469. The van der Waals surface area contributed by atoms with Crippen LogP contribution in [-0.4, -0.2) is 54.2 Å². The van der Waals surface area contributed by atoms with Gasteiger partial charge in [-0.2, -0.15) is 0 Å². The van der Waals surface area contributed by atoms with E-state index in [1.165, 1.54) is 18.1 Å². The Morgan fingerprint density at radius 3 is 2.79 bits per heavy atom. The van der Waals surface area contributed by atoms with E-state index >= 15 is 0 Å². The zero-order chi connectivity index (χ0) is 23.4. The molecule has 3 aromatic rings. The van der Waals surface area contributed by atoms with Crippen LogP contribution in [0.3, 0.4) is 0 Å². The lowest BCUT2D eigenvalue weighted by atomic mass is 10.0. The summed E-state index contributed by atoms with van der Waals surface area (Å²) in [6.07, 6.45) is 4.05. The highest BCUT2D eigenvalue weighted by molar-refractivity contribution is 7.98. The summed E-state index contributed by atoms with van der Waals surface area (Å²) in [5.41, 5.74) is 3.89. The molecule has 0 saturated heterocycles. The number of anilines is 1. The number of carbonyl (C=O) groups is 1. The first-order chi connectivity index (χ1) is 16.0. The molecule has 2 N–H and O–H groups in total. The third-order valence-electron chi connectivity index (χ3n) is 5.46. The van der Waals surface area contributed by atoms with Crippen molar-refractivity contribution in [3.05, 3.63) is 53.3 Å². The highest BCUT2D eigenvalue weighted by atomic mass is 32.2. The van der Waals surface area contributed by atoms with E-state index < -0.39 is 5.97 Å².